The summed E-state index contributed by atoms with van der Waals surface area (Å²) in [5.41, 5.74) is 6.70. The van der Waals surface area contributed by atoms with Crippen LogP contribution in [0.25, 0.3) is 16.8 Å². The summed E-state index contributed by atoms with van der Waals surface area (Å²) in [4.78, 5) is 12.5. The Morgan fingerprint density at radius 1 is 1.27 bits per heavy atom. The zero-order chi connectivity index (χ0) is 18.9. The number of pyridine rings is 1. The molecule has 3 aromatic rings. The SMILES string of the molecule is N=Cc1c(-c2cn[nH]c2)cn(-c2ccc(OC(F)(F)F)cc2)c(=O)c1N. The van der Waals surface area contributed by atoms with Gasteiger partial charge in [0.25, 0.3) is 5.56 Å². The zero-order valence-electron chi connectivity index (χ0n) is 13.0. The molecule has 0 atom stereocenters. The van der Waals surface area contributed by atoms with E-state index in [4.69, 9.17) is 11.1 Å². The Morgan fingerprint density at radius 3 is 2.50 bits per heavy atom. The molecule has 0 unspecified atom stereocenters. The van der Waals surface area contributed by atoms with Gasteiger partial charge in [-0.25, -0.2) is 0 Å². The van der Waals surface area contributed by atoms with Gasteiger partial charge in [-0.1, -0.05) is 0 Å². The van der Waals surface area contributed by atoms with Gasteiger partial charge in [-0.05, 0) is 24.3 Å². The van der Waals surface area contributed by atoms with Crippen molar-refractivity contribution in [3.8, 4) is 22.6 Å². The van der Waals surface area contributed by atoms with E-state index in [1.165, 1.54) is 29.1 Å². The summed E-state index contributed by atoms with van der Waals surface area (Å²) in [6.07, 6.45) is 0.670. The molecule has 0 aliphatic rings. The topological polar surface area (TPSA) is 110 Å². The Bertz CT molecular complexity index is 992. The molecule has 0 aliphatic carbocycles. The van der Waals surface area contributed by atoms with Crippen molar-refractivity contribution < 1.29 is 17.9 Å². The Kier molecular flexibility index (Phi) is 4.24. The molecule has 0 radical (unpaired) electrons. The Hall–Kier alpha value is -3.56. The van der Waals surface area contributed by atoms with Crippen LogP contribution in [0.1, 0.15) is 5.56 Å². The summed E-state index contributed by atoms with van der Waals surface area (Å²) in [6, 6.07) is 4.78. The third kappa shape index (κ3) is 3.29. The van der Waals surface area contributed by atoms with Crippen molar-refractivity contribution in [1.29, 1.82) is 5.41 Å². The highest BCUT2D eigenvalue weighted by Crippen LogP contribution is 2.26. The van der Waals surface area contributed by atoms with Gasteiger partial charge < -0.3 is 15.9 Å². The first kappa shape index (κ1) is 17.3. The molecule has 0 amide bonds. The number of anilines is 1. The highest BCUT2D eigenvalue weighted by atomic mass is 19.4. The Morgan fingerprint density at radius 2 is 1.96 bits per heavy atom. The van der Waals surface area contributed by atoms with Gasteiger partial charge >= 0.3 is 6.36 Å². The van der Waals surface area contributed by atoms with Crippen molar-refractivity contribution in [3.05, 3.63) is 58.8 Å². The van der Waals surface area contributed by atoms with Crippen molar-refractivity contribution in [2.75, 3.05) is 5.73 Å². The van der Waals surface area contributed by atoms with E-state index in [0.717, 1.165) is 18.3 Å². The van der Waals surface area contributed by atoms with Crippen molar-refractivity contribution in [2.24, 2.45) is 0 Å². The van der Waals surface area contributed by atoms with Crippen molar-refractivity contribution >= 4 is 11.9 Å². The third-order valence-corrected chi connectivity index (χ3v) is 3.59. The molecular formula is C16H12F3N5O2. The minimum Gasteiger partial charge on any atom is -0.406 e. The second-order valence-electron chi connectivity index (χ2n) is 5.22. The maximum absolute atomic E-state index is 12.5. The van der Waals surface area contributed by atoms with Gasteiger partial charge in [-0.3, -0.25) is 14.5 Å². The number of rotatable bonds is 4. The van der Waals surface area contributed by atoms with Crippen LogP contribution in [0.4, 0.5) is 18.9 Å². The number of H-pyrrole nitrogens is 1. The minimum absolute atomic E-state index is 0.158. The molecule has 26 heavy (non-hydrogen) atoms. The summed E-state index contributed by atoms with van der Waals surface area (Å²) in [5, 5.41) is 14.0. The van der Waals surface area contributed by atoms with E-state index in [1.807, 2.05) is 0 Å². The molecule has 3 rings (SSSR count). The summed E-state index contributed by atoms with van der Waals surface area (Å²) < 4.78 is 41.7. The molecule has 0 saturated heterocycles. The van der Waals surface area contributed by atoms with Crippen molar-refractivity contribution in [2.45, 2.75) is 6.36 Å². The molecule has 0 aliphatic heterocycles. The Labute approximate surface area is 144 Å². The number of halogens is 3. The molecule has 2 heterocycles. The number of nitrogens with one attached hydrogen (secondary N) is 2. The maximum atomic E-state index is 12.5. The predicted octanol–water partition coefficient (Wildman–Crippen LogP) is 2.71. The molecule has 0 saturated carbocycles. The first-order chi connectivity index (χ1) is 12.3. The minimum atomic E-state index is -4.80. The fourth-order valence-electron chi connectivity index (χ4n) is 2.43. The van der Waals surface area contributed by atoms with Crippen molar-refractivity contribution in [3.63, 3.8) is 0 Å². The molecule has 4 N–H and O–H groups in total. The molecule has 134 valence electrons. The highest BCUT2D eigenvalue weighted by molar-refractivity contribution is 5.94. The number of nitrogen functional groups attached to an aromatic ring is 1. The monoisotopic (exact) mass is 363 g/mol. The largest absolute Gasteiger partial charge is 0.573 e. The lowest BCUT2D eigenvalue weighted by atomic mass is 10.0. The lowest BCUT2D eigenvalue weighted by Gasteiger charge is -2.14. The van der Waals surface area contributed by atoms with E-state index in [-0.39, 0.29) is 16.9 Å². The first-order valence-corrected chi connectivity index (χ1v) is 7.21. The van der Waals surface area contributed by atoms with Crippen LogP contribution < -0.4 is 16.0 Å². The predicted molar refractivity (Wildman–Crippen MR) is 88.6 cm³/mol. The van der Waals surface area contributed by atoms with Gasteiger partial charge in [0.15, 0.2) is 0 Å². The molecule has 7 nitrogen and oxygen atoms in total. The van der Waals surface area contributed by atoms with Gasteiger partial charge in [-0.2, -0.15) is 5.10 Å². The number of hydrogen-bond acceptors (Lipinski definition) is 5. The third-order valence-electron chi connectivity index (χ3n) is 3.59. The number of aromatic nitrogens is 3. The van der Waals surface area contributed by atoms with Crippen LogP contribution in [0, 0.1) is 5.41 Å². The van der Waals surface area contributed by atoms with E-state index in [9.17, 15) is 18.0 Å². The molecule has 2 aromatic heterocycles. The van der Waals surface area contributed by atoms with Crippen LogP contribution in [-0.2, 0) is 0 Å². The van der Waals surface area contributed by atoms with Crippen LogP contribution in [0.3, 0.4) is 0 Å². The van der Waals surface area contributed by atoms with E-state index >= 15 is 0 Å². The second kappa shape index (κ2) is 6.39. The van der Waals surface area contributed by atoms with Gasteiger partial charge in [0.2, 0.25) is 0 Å². The number of benzene rings is 1. The molecule has 10 heteroatoms. The zero-order valence-corrected chi connectivity index (χ0v) is 13.0. The van der Waals surface area contributed by atoms with Gasteiger partial charge in [-0.15, -0.1) is 13.2 Å². The van der Waals surface area contributed by atoms with Crippen LogP contribution >= 0.6 is 0 Å². The van der Waals surface area contributed by atoms with Crippen LogP contribution in [0.2, 0.25) is 0 Å². The highest BCUT2D eigenvalue weighted by Gasteiger charge is 2.31. The average molecular weight is 363 g/mol. The van der Waals surface area contributed by atoms with Crippen LogP contribution in [0.15, 0.2) is 47.7 Å². The van der Waals surface area contributed by atoms with E-state index in [0.29, 0.717) is 11.1 Å². The van der Waals surface area contributed by atoms with E-state index < -0.39 is 17.7 Å². The van der Waals surface area contributed by atoms with E-state index in [2.05, 4.69) is 14.9 Å². The number of ether oxygens (including phenoxy) is 1. The fraction of sp³-hybridized carbons (Fsp3) is 0.0625. The van der Waals surface area contributed by atoms with Gasteiger partial charge in [0, 0.05) is 41.0 Å². The lowest BCUT2D eigenvalue weighted by Crippen LogP contribution is -2.23. The first-order valence-electron chi connectivity index (χ1n) is 7.21. The van der Waals surface area contributed by atoms with Crippen LogP contribution in [0.5, 0.6) is 5.75 Å². The maximum Gasteiger partial charge on any atom is 0.573 e. The summed E-state index contributed by atoms with van der Waals surface area (Å²) >= 11 is 0. The van der Waals surface area contributed by atoms with E-state index in [1.54, 1.807) is 6.20 Å². The number of alkyl halides is 3. The average Bonchev–Trinajstić information content (AvgIpc) is 3.11. The number of aromatic amines is 1. The normalized spacial score (nSPS) is 11.3. The second-order valence-corrected chi connectivity index (χ2v) is 5.22. The Balaban J connectivity index is 2.11. The molecule has 0 spiro atoms. The van der Waals surface area contributed by atoms with Crippen LogP contribution in [-0.4, -0.2) is 27.3 Å². The number of nitrogens with two attached hydrogens (primary N) is 1. The lowest BCUT2D eigenvalue weighted by molar-refractivity contribution is -0.274. The number of hydrogen-bond donors (Lipinski definition) is 3. The fourth-order valence-corrected chi connectivity index (χ4v) is 2.43. The molecule has 1 aromatic carbocycles. The summed E-state index contributed by atoms with van der Waals surface area (Å²) in [7, 11) is 0. The summed E-state index contributed by atoms with van der Waals surface area (Å²) in [6.45, 7) is 0. The van der Waals surface area contributed by atoms with Gasteiger partial charge in [0.05, 0.1) is 6.20 Å². The smallest absolute Gasteiger partial charge is 0.406 e. The standard InChI is InChI=1S/C16H12F3N5O2/c17-16(18,19)26-11-3-1-10(2-4-11)24-8-13(9-6-22-23-7-9)12(5-20)14(21)15(24)25/h1-8,20H,21H2,(H,22,23). The summed E-state index contributed by atoms with van der Waals surface area (Å²) in [5.74, 6) is -0.409. The molecular weight excluding hydrogens is 351 g/mol. The molecule has 0 fully saturated rings. The van der Waals surface area contributed by atoms with Crippen molar-refractivity contribution in [1.82, 2.24) is 14.8 Å². The number of nitrogens with zero attached hydrogens (tertiary/aromatic N) is 2. The van der Waals surface area contributed by atoms with Gasteiger partial charge in [0.1, 0.15) is 11.4 Å². The molecule has 0 bridgehead atoms. The quantitative estimate of drug-likeness (QED) is 0.619.